The summed E-state index contributed by atoms with van der Waals surface area (Å²) in [5, 5.41) is 25.7. The number of halogens is 2. The SMILES string of the molecule is C[C@@H](CO)Nc1cc(-c2c[nH]c(C(=O)N[C@H](CO)c3cccc(Cl)c3)c2)c(Cl)cn1. The lowest BCUT2D eigenvalue weighted by atomic mass is 10.1. The molecular weight excluding hydrogens is 427 g/mol. The number of hydrogen-bond donors (Lipinski definition) is 5. The second-order valence-corrected chi connectivity index (χ2v) is 7.69. The molecular formula is C21H22Cl2N4O3. The zero-order chi connectivity index (χ0) is 21.7. The third-order valence-electron chi connectivity index (χ3n) is 4.50. The van der Waals surface area contributed by atoms with Crippen molar-refractivity contribution in [2.75, 3.05) is 18.5 Å². The second-order valence-electron chi connectivity index (χ2n) is 6.84. The van der Waals surface area contributed by atoms with E-state index < -0.39 is 6.04 Å². The Labute approximate surface area is 184 Å². The minimum Gasteiger partial charge on any atom is -0.394 e. The van der Waals surface area contributed by atoms with E-state index in [0.29, 0.717) is 38.2 Å². The molecule has 0 saturated carbocycles. The molecule has 0 saturated heterocycles. The summed E-state index contributed by atoms with van der Waals surface area (Å²) in [5.74, 6) is 0.183. The van der Waals surface area contributed by atoms with Crippen LogP contribution in [-0.4, -0.2) is 45.3 Å². The number of pyridine rings is 1. The lowest BCUT2D eigenvalue weighted by Crippen LogP contribution is -2.31. The number of aliphatic hydroxyl groups excluding tert-OH is 2. The Morgan fingerprint density at radius 3 is 2.70 bits per heavy atom. The Balaban J connectivity index is 1.78. The Morgan fingerprint density at radius 1 is 1.20 bits per heavy atom. The van der Waals surface area contributed by atoms with Crippen molar-refractivity contribution in [3.8, 4) is 11.1 Å². The molecule has 0 fully saturated rings. The van der Waals surface area contributed by atoms with Gasteiger partial charge in [0.1, 0.15) is 11.5 Å². The monoisotopic (exact) mass is 448 g/mol. The van der Waals surface area contributed by atoms with Crippen LogP contribution in [0.3, 0.4) is 0 Å². The van der Waals surface area contributed by atoms with Gasteiger partial charge in [-0.1, -0.05) is 35.3 Å². The molecule has 0 unspecified atom stereocenters. The lowest BCUT2D eigenvalue weighted by molar-refractivity contribution is 0.0911. The second kappa shape index (κ2) is 9.95. The summed E-state index contributed by atoms with van der Waals surface area (Å²) < 4.78 is 0. The smallest absolute Gasteiger partial charge is 0.268 e. The van der Waals surface area contributed by atoms with Gasteiger partial charge in [0.2, 0.25) is 0 Å². The van der Waals surface area contributed by atoms with Crippen molar-refractivity contribution < 1.29 is 15.0 Å². The average molecular weight is 449 g/mol. The van der Waals surface area contributed by atoms with Gasteiger partial charge in [-0.2, -0.15) is 0 Å². The van der Waals surface area contributed by atoms with Crippen molar-refractivity contribution in [1.29, 1.82) is 0 Å². The number of nitrogens with zero attached hydrogens (tertiary/aromatic N) is 1. The predicted molar refractivity (Wildman–Crippen MR) is 118 cm³/mol. The van der Waals surface area contributed by atoms with Crippen LogP contribution in [0, 0.1) is 0 Å². The van der Waals surface area contributed by atoms with Crippen molar-refractivity contribution >= 4 is 34.9 Å². The van der Waals surface area contributed by atoms with Crippen molar-refractivity contribution in [3.05, 3.63) is 70.1 Å². The van der Waals surface area contributed by atoms with E-state index in [9.17, 15) is 15.0 Å². The molecule has 9 heteroatoms. The number of hydrogen-bond acceptors (Lipinski definition) is 5. The van der Waals surface area contributed by atoms with Gasteiger partial charge in [0.15, 0.2) is 0 Å². The fourth-order valence-electron chi connectivity index (χ4n) is 2.91. The van der Waals surface area contributed by atoms with Crippen LogP contribution < -0.4 is 10.6 Å². The van der Waals surface area contributed by atoms with Gasteiger partial charge in [-0.25, -0.2) is 4.98 Å². The zero-order valence-electron chi connectivity index (χ0n) is 16.2. The van der Waals surface area contributed by atoms with E-state index in [0.717, 1.165) is 0 Å². The molecule has 30 heavy (non-hydrogen) atoms. The van der Waals surface area contributed by atoms with E-state index in [1.165, 1.54) is 6.20 Å². The molecule has 0 aliphatic carbocycles. The van der Waals surface area contributed by atoms with E-state index in [1.807, 2.05) is 6.92 Å². The Bertz CT molecular complexity index is 1020. The molecule has 2 atom stereocenters. The molecule has 158 valence electrons. The van der Waals surface area contributed by atoms with Crippen LogP contribution in [0.4, 0.5) is 5.82 Å². The zero-order valence-corrected chi connectivity index (χ0v) is 17.7. The molecule has 1 aromatic carbocycles. The number of rotatable bonds is 8. The molecule has 5 N–H and O–H groups in total. The van der Waals surface area contributed by atoms with Gasteiger partial charge < -0.3 is 25.8 Å². The number of nitrogens with one attached hydrogen (secondary N) is 3. The van der Waals surface area contributed by atoms with Gasteiger partial charge in [-0.3, -0.25) is 4.79 Å². The summed E-state index contributed by atoms with van der Waals surface area (Å²) in [4.78, 5) is 19.8. The van der Waals surface area contributed by atoms with Gasteiger partial charge >= 0.3 is 0 Å². The molecule has 0 radical (unpaired) electrons. The van der Waals surface area contributed by atoms with Crippen LogP contribution >= 0.6 is 23.2 Å². The summed E-state index contributed by atoms with van der Waals surface area (Å²) in [6.07, 6.45) is 3.18. The first-order chi connectivity index (χ1) is 14.4. The van der Waals surface area contributed by atoms with Crippen LogP contribution in [0.5, 0.6) is 0 Å². The molecule has 3 rings (SSSR count). The molecule has 2 aromatic heterocycles. The topological polar surface area (TPSA) is 110 Å². The fraction of sp³-hybridized carbons (Fsp3) is 0.238. The molecule has 0 bridgehead atoms. The van der Waals surface area contributed by atoms with Crippen LogP contribution in [0.15, 0.2) is 48.8 Å². The van der Waals surface area contributed by atoms with Gasteiger partial charge in [0, 0.05) is 34.6 Å². The third-order valence-corrected chi connectivity index (χ3v) is 5.04. The van der Waals surface area contributed by atoms with Crippen molar-refractivity contribution in [2.24, 2.45) is 0 Å². The van der Waals surface area contributed by atoms with E-state index in [-0.39, 0.29) is 25.2 Å². The van der Waals surface area contributed by atoms with Gasteiger partial charge in [-0.15, -0.1) is 0 Å². The number of aliphatic hydroxyl groups is 2. The molecule has 1 amide bonds. The predicted octanol–water partition coefficient (Wildman–Crippen LogP) is 3.64. The van der Waals surface area contributed by atoms with E-state index in [2.05, 4.69) is 20.6 Å². The summed E-state index contributed by atoms with van der Waals surface area (Å²) >= 11 is 12.3. The fourth-order valence-corrected chi connectivity index (χ4v) is 3.32. The van der Waals surface area contributed by atoms with Crippen LogP contribution in [0.2, 0.25) is 10.0 Å². The third kappa shape index (κ3) is 5.31. The van der Waals surface area contributed by atoms with E-state index >= 15 is 0 Å². The number of H-pyrrole nitrogens is 1. The van der Waals surface area contributed by atoms with Gasteiger partial charge in [0.25, 0.3) is 5.91 Å². The number of aromatic amines is 1. The number of carbonyl (C=O) groups is 1. The first-order valence-electron chi connectivity index (χ1n) is 9.30. The highest BCUT2D eigenvalue weighted by atomic mass is 35.5. The first-order valence-corrected chi connectivity index (χ1v) is 10.1. The molecule has 0 aliphatic heterocycles. The molecule has 0 aliphatic rings. The maximum absolute atomic E-state index is 12.7. The Hall–Kier alpha value is -2.58. The number of carbonyl (C=O) groups excluding carboxylic acids is 1. The minimum absolute atomic E-state index is 0.0350. The summed E-state index contributed by atoms with van der Waals surface area (Å²) in [6, 6.07) is 9.62. The maximum Gasteiger partial charge on any atom is 0.268 e. The molecule has 0 spiro atoms. The van der Waals surface area contributed by atoms with Crippen molar-refractivity contribution in [1.82, 2.24) is 15.3 Å². The number of anilines is 1. The highest BCUT2D eigenvalue weighted by Crippen LogP contribution is 2.30. The van der Waals surface area contributed by atoms with Crippen LogP contribution in [-0.2, 0) is 0 Å². The highest BCUT2D eigenvalue weighted by molar-refractivity contribution is 6.33. The van der Waals surface area contributed by atoms with Crippen molar-refractivity contribution in [3.63, 3.8) is 0 Å². The number of aromatic nitrogens is 2. The maximum atomic E-state index is 12.7. The standard InChI is InChI=1S/C21H22Cl2N4O3/c1-12(10-28)26-20-7-16(17(23)9-25-20)14-6-18(24-8-14)21(30)27-19(11-29)13-3-2-4-15(22)5-13/h2-9,12,19,24,28-29H,10-11H2,1H3,(H,25,26)(H,27,30)/t12-,19+/m0/s1. The average Bonchev–Trinajstić information content (AvgIpc) is 3.23. The largest absolute Gasteiger partial charge is 0.394 e. The Morgan fingerprint density at radius 2 is 2.00 bits per heavy atom. The van der Waals surface area contributed by atoms with Crippen LogP contribution in [0.1, 0.15) is 29.0 Å². The van der Waals surface area contributed by atoms with E-state index in [4.69, 9.17) is 23.2 Å². The quantitative estimate of drug-likeness (QED) is 0.361. The minimum atomic E-state index is -0.594. The summed E-state index contributed by atoms with van der Waals surface area (Å²) in [6.45, 7) is 1.52. The summed E-state index contributed by atoms with van der Waals surface area (Å²) in [5.41, 5.74) is 2.41. The number of benzene rings is 1. The summed E-state index contributed by atoms with van der Waals surface area (Å²) in [7, 11) is 0. The normalized spacial score (nSPS) is 13.0. The molecule has 3 aromatic rings. The van der Waals surface area contributed by atoms with Crippen molar-refractivity contribution in [2.45, 2.75) is 19.0 Å². The Kier molecular flexibility index (Phi) is 7.33. The molecule has 2 heterocycles. The number of amides is 1. The highest BCUT2D eigenvalue weighted by Gasteiger charge is 2.18. The molecule has 7 nitrogen and oxygen atoms in total. The van der Waals surface area contributed by atoms with E-state index in [1.54, 1.807) is 42.6 Å². The van der Waals surface area contributed by atoms with Gasteiger partial charge in [-0.05, 0) is 36.8 Å². The first kappa shape index (κ1) is 22.1. The lowest BCUT2D eigenvalue weighted by Gasteiger charge is -2.16. The van der Waals surface area contributed by atoms with Gasteiger partial charge in [0.05, 0.1) is 24.3 Å². The van der Waals surface area contributed by atoms with Crippen LogP contribution in [0.25, 0.3) is 11.1 Å².